The van der Waals surface area contributed by atoms with Crippen molar-refractivity contribution in [2.24, 2.45) is 0 Å². The molecule has 4 rings (SSSR count). The molecule has 3 aromatic rings. The molecule has 0 bridgehead atoms. The Hall–Kier alpha value is -2.93. The van der Waals surface area contributed by atoms with E-state index >= 15 is 0 Å². The summed E-state index contributed by atoms with van der Waals surface area (Å²) in [5, 5.41) is 4.05. The predicted molar refractivity (Wildman–Crippen MR) is 102 cm³/mol. The number of benzene rings is 2. The number of halogens is 2. The highest BCUT2D eigenvalue weighted by molar-refractivity contribution is 6.31. The number of nitrogens with zero attached hydrogens (tertiary/aromatic N) is 3. The number of rotatable bonds is 4. The molecular weight excluding hydrogens is 385 g/mol. The summed E-state index contributed by atoms with van der Waals surface area (Å²) in [6.45, 7) is 2.31. The van der Waals surface area contributed by atoms with Gasteiger partial charge in [-0.05, 0) is 48.9 Å². The van der Waals surface area contributed by atoms with Gasteiger partial charge in [-0.3, -0.25) is 4.79 Å². The van der Waals surface area contributed by atoms with Crippen LogP contribution in [-0.2, 0) is 4.79 Å². The van der Waals surface area contributed by atoms with Crippen LogP contribution >= 0.6 is 11.6 Å². The highest BCUT2D eigenvalue weighted by atomic mass is 35.5. The van der Waals surface area contributed by atoms with Crippen LogP contribution in [-0.4, -0.2) is 29.7 Å². The smallest absolute Gasteiger partial charge is 0.258 e. The first kappa shape index (κ1) is 18.4. The number of hydrogen-bond donors (Lipinski definition) is 0. The second-order valence-corrected chi connectivity index (χ2v) is 7.05. The number of aryl methyl sites for hydroxylation is 1. The Kier molecular flexibility index (Phi) is 4.77. The van der Waals surface area contributed by atoms with E-state index in [1.54, 1.807) is 12.0 Å². The number of ether oxygens (including phenoxy) is 1. The molecule has 1 aromatic heterocycles. The van der Waals surface area contributed by atoms with Crippen LogP contribution in [0.5, 0.6) is 5.75 Å². The summed E-state index contributed by atoms with van der Waals surface area (Å²) in [4.78, 5) is 18.5. The molecule has 8 heteroatoms. The molecule has 1 saturated heterocycles. The summed E-state index contributed by atoms with van der Waals surface area (Å²) in [5.74, 6) is 0.773. The van der Waals surface area contributed by atoms with Gasteiger partial charge in [0, 0.05) is 30.1 Å². The quantitative estimate of drug-likeness (QED) is 0.649. The van der Waals surface area contributed by atoms with E-state index in [1.807, 2.05) is 25.1 Å². The molecule has 144 valence electrons. The van der Waals surface area contributed by atoms with Crippen LogP contribution in [0, 0.1) is 12.7 Å². The van der Waals surface area contributed by atoms with E-state index in [0.29, 0.717) is 23.9 Å². The van der Waals surface area contributed by atoms with E-state index in [2.05, 4.69) is 10.1 Å². The zero-order valence-electron chi connectivity index (χ0n) is 15.3. The van der Waals surface area contributed by atoms with Crippen LogP contribution in [0.15, 0.2) is 40.9 Å². The van der Waals surface area contributed by atoms with Gasteiger partial charge in [-0.15, -0.1) is 0 Å². The second-order valence-electron chi connectivity index (χ2n) is 6.64. The molecule has 2 heterocycles. The van der Waals surface area contributed by atoms with Crippen LogP contribution in [0.25, 0.3) is 11.5 Å². The van der Waals surface area contributed by atoms with Crippen molar-refractivity contribution in [3.63, 3.8) is 0 Å². The second kappa shape index (κ2) is 7.24. The van der Waals surface area contributed by atoms with Crippen LogP contribution in [0.3, 0.4) is 0 Å². The topological polar surface area (TPSA) is 68.5 Å². The molecule has 2 aromatic carbocycles. The number of methoxy groups -OCH3 is 1. The Balaban J connectivity index is 1.56. The Labute approximate surface area is 165 Å². The molecule has 0 spiro atoms. The summed E-state index contributed by atoms with van der Waals surface area (Å²) < 4.78 is 24.0. The number of aromatic nitrogens is 2. The number of carbonyl (C=O) groups is 1. The van der Waals surface area contributed by atoms with Gasteiger partial charge >= 0.3 is 0 Å². The highest BCUT2D eigenvalue weighted by Crippen LogP contribution is 2.33. The average Bonchev–Trinajstić information content (AvgIpc) is 3.31. The Morgan fingerprint density at radius 1 is 1.29 bits per heavy atom. The fraction of sp³-hybridized carbons (Fsp3) is 0.250. The highest BCUT2D eigenvalue weighted by Gasteiger charge is 2.35. The maximum absolute atomic E-state index is 13.4. The summed E-state index contributed by atoms with van der Waals surface area (Å²) >= 11 is 5.84. The molecule has 1 aliphatic rings. The molecule has 0 unspecified atom stereocenters. The van der Waals surface area contributed by atoms with Crippen molar-refractivity contribution in [2.75, 3.05) is 18.6 Å². The first-order valence-electron chi connectivity index (χ1n) is 8.70. The molecule has 1 amide bonds. The minimum absolute atomic E-state index is 0.0226. The monoisotopic (exact) mass is 401 g/mol. The third-order valence-corrected chi connectivity index (χ3v) is 5.10. The van der Waals surface area contributed by atoms with Gasteiger partial charge in [-0.25, -0.2) is 4.39 Å². The Morgan fingerprint density at radius 3 is 2.82 bits per heavy atom. The lowest BCUT2D eigenvalue weighted by atomic mass is 10.1. The minimum atomic E-state index is -0.522. The SMILES string of the molecule is COc1ccc(-c2nc([C@@H]3CC(=O)N(c4ccc(F)c(Cl)c4)C3)no2)c(C)c1. The van der Waals surface area contributed by atoms with Crippen molar-refractivity contribution >= 4 is 23.2 Å². The van der Waals surface area contributed by atoms with Gasteiger partial charge in [0.1, 0.15) is 11.6 Å². The predicted octanol–water partition coefficient (Wildman–Crippen LogP) is 4.37. The molecule has 28 heavy (non-hydrogen) atoms. The first-order valence-corrected chi connectivity index (χ1v) is 9.08. The van der Waals surface area contributed by atoms with E-state index in [0.717, 1.165) is 16.9 Å². The molecule has 0 aliphatic carbocycles. The van der Waals surface area contributed by atoms with Crippen LogP contribution in [0.1, 0.15) is 23.7 Å². The van der Waals surface area contributed by atoms with Crippen molar-refractivity contribution in [1.82, 2.24) is 10.1 Å². The molecule has 1 fully saturated rings. The molecule has 1 atom stereocenters. The average molecular weight is 402 g/mol. The standard InChI is InChI=1S/C20H17ClFN3O3/c1-11-7-14(27-2)4-5-15(11)20-23-19(24-28-20)12-8-18(26)25(10-12)13-3-6-17(22)16(21)9-13/h3-7,9,12H,8,10H2,1-2H3/t12-/m1/s1. The molecule has 6 nitrogen and oxygen atoms in total. The van der Waals surface area contributed by atoms with Crippen molar-refractivity contribution in [1.29, 1.82) is 0 Å². The van der Waals surface area contributed by atoms with Crippen molar-refractivity contribution in [3.05, 3.63) is 58.6 Å². The van der Waals surface area contributed by atoms with Gasteiger partial charge in [0.15, 0.2) is 5.82 Å². The lowest BCUT2D eigenvalue weighted by Crippen LogP contribution is -2.24. The van der Waals surface area contributed by atoms with Gasteiger partial charge in [0.2, 0.25) is 5.91 Å². The van der Waals surface area contributed by atoms with Gasteiger partial charge in [-0.1, -0.05) is 16.8 Å². The third kappa shape index (κ3) is 3.33. The van der Waals surface area contributed by atoms with Crippen LogP contribution in [0.2, 0.25) is 5.02 Å². The maximum atomic E-state index is 13.4. The number of hydrogen-bond acceptors (Lipinski definition) is 5. The van der Waals surface area contributed by atoms with Gasteiger partial charge in [0.05, 0.1) is 12.1 Å². The molecular formula is C20H17ClFN3O3. The van der Waals surface area contributed by atoms with E-state index in [4.69, 9.17) is 20.9 Å². The first-order chi connectivity index (χ1) is 13.5. The molecule has 1 aliphatic heterocycles. The summed E-state index contributed by atoms with van der Waals surface area (Å²) in [5.41, 5.74) is 2.30. The molecule has 0 radical (unpaired) electrons. The Morgan fingerprint density at radius 2 is 2.11 bits per heavy atom. The Bertz CT molecular complexity index is 1050. The fourth-order valence-corrected chi connectivity index (χ4v) is 3.47. The van der Waals surface area contributed by atoms with Crippen LogP contribution < -0.4 is 9.64 Å². The number of carbonyl (C=O) groups excluding carboxylic acids is 1. The zero-order valence-corrected chi connectivity index (χ0v) is 16.0. The van der Waals surface area contributed by atoms with Crippen molar-refractivity contribution in [2.45, 2.75) is 19.3 Å². The van der Waals surface area contributed by atoms with Gasteiger partial charge in [-0.2, -0.15) is 4.98 Å². The third-order valence-electron chi connectivity index (χ3n) is 4.81. The number of amides is 1. The van der Waals surface area contributed by atoms with Crippen molar-refractivity contribution < 1.29 is 18.4 Å². The normalized spacial score (nSPS) is 16.6. The van der Waals surface area contributed by atoms with Gasteiger partial charge in [0.25, 0.3) is 5.89 Å². The van der Waals surface area contributed by atoms with E-state index in [-0.39, 0.29) is 23.3 Å². The zero-order chi connectivity index (χ0) is 19.8. The lowest BCUT2D eigenvalue weighted by molar-refractivity contribution is -0.117. The largest absolute Gasteiger partial charge is 0.497 e. The summed E-state index contributed by atoms with van der Waals surface area (Å²) in [7, 11) is 1.61. The fourth-order valence-electron chi connectivity index (χ4n) is 3.30. The lowest BCUT2D eigenvalue weighted by Gasteiger charge is -2.16. The molecule has 0 saturated carbocycles. The van der Waals surface area contributed by atoms with Crippen LogP contribution in [0.4, 0.5) is 10.1 Å². The van der Waals surface area contributed by atoms with Crippen molar-refractivity contribution in [3.8, 4) is 17.2 Å². The molecule has 0 N–H and O–H groups in total. The summed E-state index contributed by atoms with van der Waals surface area (Å²) in [6, 6.07) is 9.79. The van der Waals surface area contributed by atoms with E-state index < -0.39 is 5.82 Å². The van der Waals surface area contributed by atoms with Gasteiger partial charge < -0.3 is 14.2 Å². The van der Waals surface area contributed by atoms with E-state index in [1.165, 1.54) is 18.2 Å². The number of anilines is 1. The maximum Gasteiger partial charge on any atom is 0.258 e. The van der Waals surface area contributed by atoms with E-state index in [9.17, 15) is 9.18 Å². The summed E-state index contributed by atoms with van der Waals surface area (Å²) in [6.07, 6.45) is 0.246. The minimum Gasteiger partial charge on any atom is -0.497 e.